The van der Waals surface area contributed by atoms with Crippen LogP contribution in [0.5, 0.6) is 0 Å². The summed E-state index contributed by atoms with van der Waals surface area (Å²) >= 11 is 0. The molecule has 0 unspecified atom stereocenters. The lowest BCUT2D eigenvalue weighted by atomic mass is 9.78. The zero-order chi connectivity index (χ0) is 10.2. The topological polar surface area (TPSA) is 12.0 Å². The van der Waals surface area contributed by atoms with E-state index in [0.29, 0.717) is 0 Å². The molecule has 14 heavy (non-hydrogen) atoms. The summed E-state index contributed by atoms with van der Waals surface area (Å²) < 4.78 is 0. The maximum Gasteiger partial charge on any atom is 0.0379 e. The molecular formula is C13H15N. The van der Waals surface area contributed by atoms with Gasteiger partial charge in [0.25, 0.3) is 0 Å². The first kappa shape index (κ1) is 9.15. The molecule has 0 saturated carbocycles. The summed E-state index contributed by atoms with van der Waals surface area (Å²) in [5.41, 5.74) is 3.80. The molecule has 1 aromatic rings. The predicted molar refractivity (Wildman–Crippen MR) is 60.5 cm³/mol. The highest BCUT2D eigenvalue weighted by Gasteiger charge is 2.26. The minimum absolute atomic E-state index is 0.243. The second-order valence-electron chi connectivity index (χ2n) is 4.47. The van der Waals surface area contributed by atoms with E-state index in [1.165, 1.54) is 11.3 Å². The fourth-order valence-electron chi connectivity index (χ4n) is 1.99. The predicted octanol–water partition coefficient (Wildman–Crippen LogP) is 2.76. The van der Waals surface area contributed by atoms with E-state index in [0.717, 1.165) is 18.5 Å². The third kappa shape index (κ3) is 1.37. The van der Waals surface area contributed by atoms with E-state index in [2.05, 4.69) is 37.2 Å². The van der Waals surface area contributed by atoms with Crippen molar-refractivity contribution >= 4 is 5.69 Å². The molecule has 0 bridgehead atoms. The lowest BCUT2D eigenvalue weighted by molar-refractivity contribution is 0.482. The van der Waals surface area contributed by atoms with E-state index in [-0.39, 0.29) is 5.41 Å². The van der Waals surface area contributed by atoms with Crippen molar-refractivity contribution in [1.29, 1.82) is 0 Å². The average molecular weight is 185 g/mol. The van der Waals surface area contributed by atoms with Crippen LogP contribution in [-0.2, 0) is 5.41 Å². The molecule has 2 rings (SSSR count). The summed E-state index contributed by atoms with van der Waals surface area (Å²) in [6.07, 6.45) is 6.56. The first-order valence-corrected chi connectivity index (χ1v) is 4.98. The standard InChI is InChI=1S/C13H15N/c1-4-10-5-6-12-11(9-10)13(2,3)7-8-14-12/h1,5-6,9,14H,7-8H2,2-3H3. The first-order valence-electron chi connectivity index (χ1n) is 4.98. The smallest absolute Gasteiger partial charge is 0.0379 e. The lowest BCUT2D eigenvalue weighted by Gasteiger charge is -2.33. The Labute approximate surface area is 85.5 Å². The minimum Gasteiger partial charge on any atom is -0.385 e. The van der Waals surface area contributed by atoms with Crippen LogP contribution in [0.1, 0.15) is 31.4 Å². The molecule has 72 valence electrons. The fraction of sp³-hybridized carbons (Fsp3) is 0.385. The molecule has 0 amide bonds. The Kier molecular flexibility index (Phi) is 2.00. The minimum atomic E-state index is 0.243. The molecule has 1 heterocycles. The van der Waals surface area contributed by atoms with Gasteiger partial charge in [-0.3, -0.25) is 0 Å². The molecular weight excluding hydrogens is 170 g/mol. The summed E-state index contributed by atoms with van der Waals surface area (Å²) in [6, 6.07) is 6.21. The molecule has 1 heteroatoms. The fourth-order valence-corrected chi connectivity index (χ4v) is 1.99. The van der Waals surface area contributed by atoms with Crippen LogP contribution >= 0.6 is 0 Å². The molecule has 1 nitrogen and oxygen atoms in total. The number of anilines is 1. The number of rotatable bonds is 0. The number of terminal acetylenes is 1. The van der Waals surface area contributed by atoms with Gasteiger partial charge in [-0.1, -0.05) is 19.8 Å². The van der Waals surface area contributed by atoms with Crippen LogP contribution in [0.4, 0.5) is 5.69 Å². The van der Waals surface area contributed by atoms with E-state index in [9.17, 15) is 0 Å². The summed E-state index contributed by atoms with van der Waals surface area (Å²) in [5.74, 6) is 2.69. The van der Waals surface area contributed by atoms with E-state index in [1.807, 2.05) is 6.07 Å². The van der Waals surface area contributed by atoms with E-state index in [4.69, 9.17) is 6.42 Å². The summed E-state index contributed by atoms with van der Waals surface area (Å²) in [6.45, 7) is 5.59. The Balaban J connectivity index is 2.56. The Hall–Kier alpha value is -1.42. The van der Waals surface area contributed by atoms with Gasteiger partial charge in [-0.2, -0.15) is 0 Å². The monoisotopic (exact) mass is 185 g/mol. The second kappa shape index (κ2) is 3.06. The van der Waals surface area contributed by atoms with Gasteiger partial charge in [0.05, 0.1) is 0 Å². The Bertz CT molecular complexity index is 396. The van der Waals surface area contributed by atoms with Crippen molar-refractivity contribution < 1.29 is 0 Å². The van der Waals surface area contributed by atoms with Crippen molar-refractivity contribution in [1.82, 2.24) is 0 Å². The van der Waals surface area contributed by atoms with Crippen molar-refractivity contribution in [3.63, 3.8) is 0 Å². The maximum absolute atomic E-state index is 5.40. The summed E-state index contributed by atoms with van der Waals surface area (Å²) in [4.78, 5) is 0. The molecule has 0 radical (unpaired) electrons. The molecule has 1 aromatic carbocycles. The Morgan fingerprint density at radius 3 is 2.93 bits per heavy atom. The van der Waals surface area contributed by atoms with Crippen molar-refractivity contribution in [2.24, 2.45) is 0 Å². The van der Waals surface area contributed by atoms with Crippen molar-refractivity contribution in [3.8, 4) is 12.3 Å². The van der Waals surface area contributed by atoms with Gasteiger partial charge < -0.3 is 5.32 Å². The van der Waals surface area contributed by atoms with Crippen molar-refractivity contribution in [2.45, 2.75) is 25.7 Å². The highest BCUT2D eigenvalue weighted by atomic mass is 14.9. The molecule has 0 aromatic heterocycles. The molecule has 1 N–H and O–H groups in total. The molecule has 0 aliphatic carbocycles. The zero-order valence-corrected chi connectivity index (χ0v) is 8.72. The number of fused-ring (bicyclic) bond motifs is 1. The quantitative estimate of drug-likeness (QED) is 0.613. The van der Waals surface area contributed by atoms with Crippen LogP contribution in [0.3, 0.4) is 0 Å². The number of benzene rings is 1. The van der Waals surface area contributed by atoms with Gasteiger partial charge in [0.2, 0.25) is 0 Å². The largest absolute Gasteiger partial charge is 0.385 e. The van der Waals surface area contributed by atoms with Gasteiger partial charge in [0.1, 0.15) is 0 Å². The van der Waals surface area contributed by atoms with Gasteiger partial charge in [0.15, 0.2) is 0 Å². The third-order valence-corrected chi connectivity index (χ3v) is 2.98. The lowest BCUT2D eigenvalue weighted by Crippen LogP contribution is -2.28. The van der Waals surface area contributed by atoms with Crippen LogP contribution in [0.15, 0.2) is 18.2 Å². The van der Waals surface area contributed by atoms with E-state index >= 15 is 0 Å². The summed E-state index contributed by atoms with van der Waals surface area (Å²) in [5, 5.41) is 3.40. The average Bonchev–Trinajstić information content (AvgIpc) is 2.17. The Morgan fingerprint density at radius 1 is 1.43 bits per heavy atom. The highest BCUT2D eigenvalue weighted by Crippen LogP contribution is 2.36. The molecule has 1 aliphatic rings. The van der Waals surface area contributed by atoms with Gasteiger partial charge >= 0.3 is 0 Å². The second-order valence-corrected chi connectivity index (χ2v) is 4.47. The van der Waals surface area contributed by atoms with Crippen molar-refractivity contribution in [2.75, 3.05) is 11.9 Å². The number of nitrogens with one attached hydrogen (secondary N) is 1. The maximum atomic E-state index is 5.40. The third-order valence-electron chi connectivity index (χ3n) is 2.98. The molecule has 0 fully saturated rings. The molecule has 1 aliphatic heterocycles. The van der Waals surface area contributed by atoms with E-state index < -0.39 is 0 Å². The van der Waals surface area contributed by atoms with E-state index in [1.54, 1.807) is 0 Å². The highest BCUT2D eigenvalue weighted by molar-refractivity contribution is 5.59. The molecule has 0 saturated heterocycles. The molecule has 0 spiro atoms. The first-order chi connectivity index (χ1) is 6.63. The van der Waals surface area contributed by atoms with Crippen molar-refractivity contribution in [3.05, 3.63) is 29.3 Å². The molecule has 0 atom stereocenters. The van der Waals surface area contributed by atoms with Crippen LogP contribution in [-0.4, -0.2) is 6.54 Å². The normalized spacial score (nSPS) is 17.8. The number of hydrogen-bond donors (Lipinski definition) is 1. The van der Waals surface area contributed by atoms with Crippen LogP contribution in [0.2, 0.25) is 0 Å². The van der Waals surface area contributed by atoms with Crippen LogP contribution < -0.4 is 5.32 Å². The SMILES string of the molecule is C#Cc1ccc2c(c1)C(C)(C)CCN2. The van der Waals surface area contributed by atoms with Gasteiger partial charge in [0, 0.05) is 17.8 Å². The Morgan fingerprint density at radius 2 is 2.21 bits per heavy atom. The zero-order valence-electron chi connectivity index (χ0n) is 8.72. The van der Waals surface area contributed by atoms with Crippen LogP contribution in [0, 0.1) is 12.3 Å². The van der Waals surface area contributed by atoms with Gasteiger partial charge in [-0.05, 0) is 35.6 Å². The van der Waals surface area contributed by atoms with Gasteiger partial charge in [-0.15, -0.1) is 6.42 Å². The van der Waals surface area contributed by atoms with Crippen LogP contribution in [0.25, 0.3) is 0 Å². The summed E-state index contributed by atoms with van der Waals surface area (Å²) in [7, 11) is 0. The van der Waals surface area contributed by atoms with Gasteiger partial charge in [-0.25, -0.2) is 0 Å². The number of hydrogen-bond acceptors (Lipinski definition) is 1.